The maximum atomic E-state index is 12.6. The van der Waals surface area contributed by atoms with Crippen LogP contribution in [-0.2, 0) is 20.9 Å². The Morgan fingerprint density at radius 1 is 1.07 bits per heavy atom. The maximum Gasteiger partial charge on any atom is 0.326 e. The van der Waals surface area contributed by atoms with Gasteiger partial charge in [-0.2, -0.15) is 0 Å². The molecule has 2 aromatic carbocycles. The number of imide groups is 1. The van der Waals surface area contributed by atoms with Crippen LogP contribution in [0.2, 0.25) is 0 Å². The summed E-state index contributed by atoms with van der Waals surface area (Å²) >= 11 is 0.796. The number of rotatable bonds is 7. The van der Waals surface area contributed by atoms with Crippen molar-refractivity contribution in [2.75, 3.05) is 6.54 Å². The monoisotopic (exact) mass is 411 g/mol. The van der Waals surface area contributed by atoms with Gasteiger partial charge in [0, 0.05) is 5.56 Å². The normalized spacial score (nSPS) is 15.3. The van der Waals surface area contributed by atoms with Gasteiger partial charge in [-0.05, 0) is 43.3 Å². The van der Waals surface area contributed by atoms with Gasteiger partial charge in [0.2, 0.25) is 0 Å². The summed E-state index contributed by atoms with van der Waals surface area (Å²) < 4.78 is 10.9. The number of para-hydroxylation sites is 1. The number of carbonyl (C=O) groups excluding carboxylic acids is 3. The summed E-state index contributed by atoms with van der Waals surface area (Å²) in [6.07, 6.45) is 1.30. The molecule has 7 heteroatoms. The standard InChI is InChI=1S/C22H21NO5S/c1-15(2)28-20(24)13-23-21(25)19(29-22(23)26)12-17-10-6-7-11-18(17)27-14-16-8-4-3-5-9-16/h3-12,15H,13-14H2,1-2H3/b19-12-. The number of thioether (sulfide) groups is 1. The van der Waals surface area contributed by atoms with Crippen molar-refractivity contribution in [2.24, 2.45) is 0 Å². The summed E-state index contributed by atoms with van der Waals surface area (Å²) in [5.41, 5.74) is 1.70. The Kier molecular flexibility index (Phi) is 6.72. The van der Waals surface area contributed by atoms with Crippen molar-refractivity contribution in [2.45, 2.75) is 26.6 Å². The molecule has 0 N–H and O–H groups in total. The zero-order valence-electron chi connectivity index (χ0n) is 16.2. The summed E-state index contributed by atoms with van der Waals surface area (Å²) in [4.78, 5) is 37.7. The molecule has 0 atom stereocenters. The molecule has 3 rings (SSSR count). The van der Waals surface area contributed by atoms with Gasteiger partial charge < -0.3 is 9.47 Å². The van der Waals surface area contributed by atoms with Crippen molar-refractivity contribution in [3.63, 3.8) is 0 Å². The largest absolute Gasteiger partial charge is 0.488 e. The van der Waals surface area contributed by atoms with Crippen molar-refractivity contribution in [1.82, 2.24) is 4.90 Å². The molecule has 29 heavy (non-hydrogen) atoms. The van der Waals surface area contributed by atoms with Crippen LogP contribution in [0.5, 0.6) is 5.75 Å². The zero-order chi connectivity index (χ0) is 20.8. The van der Waals surface area contributed by atoms with Crippen LogP contribution in [0.4, 0.5) is 4.79 Å². The van der Waals surface area contributed by atoms with E-state index < -0.39 is 23.7 Å². The molecule has 1 fully saturated rings. The van der Waals surface area contributed by atoms with Crippen LogP contribution in [0.25, 0.3) is 6.08 Å². The van der Waals surface area contributed by atoms with Crippen LogP contribution in [0, 0.1) is 0 Å². The molecule has 0 aliphatic carbocycles. The first-order valence-electron chi connectivity index (χ1n) is 9.14. The molecule has 6 nitrogen and oxygen atoms in total. The highest BCUT2D eigenvalue weighted by atomic mass is 32.2. The number of hydrogen-bond acceptors (Lipinski definition) is 6. The molecular formula is C22H21NO5S. The second kappa shape index (κ2) is 9.43. The molecule has 0 spiro atoms. The van der Waals surface area contributed by atoms with E-state index in [0.717, 1.165) is 22.2 Å². The molecule has 2 aromatic rings. The van der Waals surface area contributed by atoms with Gasteiger partial charge in [0.25, 0.3) is 11.1 Å². The summed E-state index contributed by atoms with van der Waals surface area (Å²) in [7, 11) is 0. The van der Waals surface area contributed by atoms with Gasteiger partial charge in [-0.15, -0.1) is 0 Å². The Labute approximate surface area is 173 Å². The lowest BCUT2D eigenvalue weighted by Crippen LogP contribution is -2.35. The number of benzene rings is 2. The van der Waals surface area contributed by atoms with E-state index in [1.54, 1.807) is 32.1 Å². The number of carbonyl (C=O) groups is 3. The molecule has 0 radical (unpaired) electrons. The van der Waals surface area contributed by atoms with Crippen molar-refractivity contribution in [1.29, 1.82) is 0 Å². The third-order valence-electron chi connectivity index (χ3n) is 3.97. The van der Waals surface area contributed by atoms with E-state index in [4.69, 9.17) is 9.47 Å². The van der Waals surface area contributed by atoms with E-state index in [9.17, 15) is 14.4 Å². The smallest absolute Gasteiger partial charge is 0.326 e. The van der Waals surface area contributed by atoms with E-state index in [0.29, 0.717) is 17.9 Å². The fraction of sp³-hybridized carbons (Fsp3) is 0.227. The quantitative estimate of drug-likeness (QED) is 0.501. The predicted molar refractivity (Wildman–Crippen MR) is 111 cm³/mol. The van der Waals surface area contributed by atoms with E-state index >= 15 is 0 Å². The second-order valence-corrected chi connectivity index (χ2v) is 7.61. The molecule has 0 bridgehead atoms. The highest BCUT2D eigenvalue weighted by Gasteiger charge is 2.36. The van der Waals surface area contributed by atoms with Gasteiger partial charge in [-0.3, -0.25) is 19.3 Å². The van der Waals surface area contributed by atoms with Crippen LogP contribution >= 0.6 is 11.8 Å². The average molecular weight is 411 g/mol. The lowest BCUT2D eigenvalue weighted by Gasteiger charge is -2.13. The zero-order valence-corrected chi connectivity index (χ0v) is 17.0. The molecule has 0 unspecified atom stereocenters. The van der Waals surface area contributed by atoms with Gasteiger partial charge >= 0.3 is 5.97 Å². The summed E-state index contributed by atoms with van der Waals surface area (Å²) in [5, 5.41) is -0.496. The van der Waals surface area contributed by atoms with Crippen molar-refractivity contribution in [3.8, 4) is 5.75 Å². The molecule has 150 valence electrons. The Morgan fingerprint density at radius 2 is 1.76 bits per heavy atom. The number of ether oxygens (including phenoxy) is 2. The van der Waals surface area contributed by atoms with Gasteiger partial charge in [0.15, 0.2) is 0 Å². The third kappa shape index (κ3) is 5.48. The van der Waals surface area contributed by atoms with Gasteiger partial charge in [-0.1, -0.05) is 48.5 Å². The maximum absolute atomic E-state index is 12.6. The minimum atomic E-state index is -0.616. The molecule has 1 saturated heterocycles. The Balaban J connectivity index is 1.74. The Hall–Kier alpha value is -3.06. The molecular weight excluding hydrogens is 390 g/mol. The molecule has 1 aliphatic rings. The van der Waals surface area contributed by atoms with Gasteiger partial charge in [-0.25, -0.2) is 0 Å². The Morgan fingerprint density at radius 3 is 2.48 bits per heavy atom. The Bertz CT molecular complexity index is 939. The van der Waals surface area contributed by atoms with Crippen LogP contribution in [0.1, 0.15) is 25.0 Å². The van der Waals surface area contributed by atoms with Crippen LogP contribution in [0.3, 0.4) is 0 Å². The predicted octanol–water partition coefficient (Wildman–Crippen LogP) is 4.25. The number of amides is 2. The van der Waals surface area contributed by atoms with E-state index in [1.165, 1.54) is 0 Å². The highest BCUT2D eigenvalue weighted by Crippen LogP contribution is 2.34. The van der Waals surface area contributed by atoms with Gasteiger partial charge in [0.1, 0.15) is 18.9 Å². The first-order valence-corrected chi connectivity index (χ1v) is 9.96. The molecule has 2 amide bonds. The molecule has 0 saturated carbocycles. The van der Waals surface area contributed by atoms with Crippen LogP contribution < -0.4 is 4.74 Å². The van der Waals surface area contributed by atoms with Gasteiger partial charge in [0.05, 0.1) is 11.0 Å². The summed E-state index contributed by atoms with van der Waals surface area (Å²) in [5.74, 6) is -0.531. The number of hydrogen-bond donors (Lipinski definition) is 0. The lowest BCUT2D eigenvalue weighted by molar-refractivity contribution is -0.149. The summed E-state index contributed by atoms with van der Waals surface area (Å²) in [6.45, 7) is 3.40. The molecule has 1 heterocycles. The minimum Gasteiger partial charge on any atom is -0.488 e. The van der Waals surface area contributed by atoms with E-state index in [2.05, 4.69) is 0 Å². The lowest BCUT2D eigenvalue weighted by atomic mass is 10.1. The van der Waals surface area contributed by atoms with Crippen LogP contribution in [0.15, 0.2) is 59.5 Å². The average Bonchev–Trinajstić information content (AvgIpc) is 2.95. The van der Waals surface area contributed by atoms with E-state index in [-0.39, 0.29) is 11.0 Å². The van der Waals surface area contributed by atoms with Crippen molar-refractivity contribution in [3.05, 3.63) is 70.6 Å². The highest BCUT2D eigenvalue weighted by molar-refractivity contribution is 8.18. The van der Waals surface area contributed by atoms with Crippen molar-refractivity contribution >= 4 is 35.0 Å². The minimum absolute atomic E-state index is 0.239. The SMILES string of the molecule is CC(C)OC(=O)CN1C(=O)S/C(=C\c2ccccc2OCc2ccccc2)C1=O. The fourth-order valence-corrected chi connectivity index (χ4v) is 3.50. The second-order valence-electron chi connectivity index (χ2n) is 6.62. The topological polar surface area (TPSA) is 72.9 Å². The number of esters is 1. The third-order valence-corrected chi connectivity index (χ3v) is 4.88. The molecule has 1 aliphatic heterocycles. The first kappa shape index (κ1) is 20.7. The first-order chi connectivity index (χ1) is 13.9. The fourth-order valence-electron chi connectivity index (χ4n) is 2.67. The number of nitrogens with zero attached hydrogens (tertiary/aromatic N) is 1. The van der Waals surface area contributed by atoms with E-state index in [1.807, 2.05) is 42.5 Å². The van der Waals surface area contributed by atoms with Crippen molar-refractivity contribution < 1.29 is 23.9 Å². The summed E-state index contributed by atoms with van der Waals surface area (Å²) in [6, 6.07) is 17.0. The van der Waals surface area contributed by atoms with Crippen LogP contribution in [-0.4, -0.2) is 34.7 Å². The molecule has 0 aromatic heterocycles.